The molecule has 76 valence electrons. The molecule has 2 N–H and O–H groups in total. The quantitative estimate of drug-likeness (QED) is 0.581. The van der Waals surface area contributed by atoms with Crippen molar-refractivity contribution < 1.29 is 4.79 Å². The van der Waals surface area contributed by atoms with Crippen LogP contribution < -0.4 is 10.6 Å². The number of rotatable bonds is 7. The minimum absolute atomic E-state index is 0.100. The predicted octanol–water partition coefficient (Wildman–Crippen LogP) is 1.07. The Balaban J connectivity index is 3.58. The zero-order valence-electron chi connectivity index (χ0n) is 8.60. The number of amides is 1. The van der Waals surface area contributed by atoms with E-state index in [9.17, 15) is 4.79 Å². The molecule has 0 aliphatic rings. The van der Waals surface area contributed by atoms with Gasteiger partial charge >= 0.3 is 0 Å². The molecule has 3 heteroatoms. The minimum Gasteiger partial charge on any atom is -0.351 e. The minimum atomic E-state index is -0.100. The molecule has 0 aliphatic carbocycles. The lowest BCUT2D eigenvalue weighted by molar-refractivity contribution is -0.116. The molecule has 0 bridgehead atoms. The number of hydrogen-bond donors (Lipinski definition) is 2. The molecular formula is C10H20N2O. The summed E-state index contributed by atoms with van der Waals surface area (Å²) in [5, 5.41) is 5.94. The molecule has 0 aromatic heterocycles. The van der Waals surface area contributed by atoms with Crippen LogP contribution in [-0.4, -0.2) is 25.5 Å². The van der Waals surface area contributed by atoms with E-state index in [2.05, 4.69) is 24.1 Å². The van der Waals surface area contributed by atoms with Crippen LogP contribution in [-0.2, 0) is 4.79 Å². The third kappa shape index (κ3) is 6.34. The number of likely N-dealkylation sites (N-methyl/N-ethyl adjacent to an activating group) is 1. The van der Waals surface area contributed by atoms with Crippen LogP contribution in [0.3, 0.4) is 0 Å². The molecule has 0 fully saturated rings. The summed E-state index contributed by atoms with van der Waals surface area (Å²) in [6, 6.07) is 0.379. The van der Waals surface area contributed by atoms with Crippen molar-refractivity contribution in [2.45, 2.75) is 32.2 Å². The van der Waals surface area contributed by atoms with Crippen LogP contribution in [0.4, 0.5) is 0 Å². The van der Waals surface area contributed by atoms with Gasteiger partial charge in [0.1, 0.15) is 0 Å². The molecule has 0 saturated heterocycles. The van der Waals surface area contributed by atoms with Gasteiger partial charge in [-0.05, 0) is 19.5 Å². The summed E-state index contributed by atoms with van der Waals surface area (Å²) in [5.74, 6) is -0.100. The van der Waals surface area contributed by atoms with E-state index in [1.165, 1.54) is 18.9 Å². The van der Waals surface area contributed by atoms with Crippen LogP contribution in [0, 0.1) is 0 Å². The number of carbonyl (C=O) groups is 1. The van der Waals surface area contributed by atoms with Gasteiger partial charge in [0.15, 0.2) is 0 Å². The molecule has 0 radical (unpaired) electrons. The first-order valence-corrected chi connectivity index (χ1v) is 4.82. The maximum atomic E-state index is 10.8. The lowest BCUT2D eigenvalue weighted by Gasteiger charge is -2.15. The van der Waals surface area contributed by atoms with E-state index in [-0.39, 0.29) is 5.91 Å². The highest BCUT2D eigenvalue weighted by atomic mass is 16.1. The Hall–Kier alpha value is -0.830. The van der Waals surface area contributed by atoms with Gasteiger partial charge in [-0.1, -0.05) is 26.3 Å². The lowest BCUT2D eigenvalue weighted by Crippen LogP contribution is -2.38. The fourth-order valence-corrected chi connectivity index (χ4v) is 1.09. The van der Waals surface area contributed by atoms with Crippen LogP contribution in [0.5, 0.6) is 0 Å². The second kappa shape index (κ2) is 7.80. The van der Waals surface area contributed by atoms with Gasteiger partial charge in [-0.2, -0.15) is 0 Å². The van der Waals surface area contributed by atoms with Crippen molar-refractivity contribution in [1.82, 2.24) is 10.6 Å². The van der Waals surface area contributed by atoms with Gasteiger partial charge in [0.05, 0.1) is 0 Å². The van der Waals surface area contributed by atoms with Gasteiger partial charge in [-0.3, -0.25) is 4.79 Å². The zero-order valence-corrected chi connectivity index (χ0v) is 8.60. The molecule has 3 nitrogen and oxygen atoms in total. The summed E-state index contributed by atoms with van der Waals surface area (Å²) >= 11 is 0. The third-order valence-electron chi connectivity index (χ3n) is 2.02. The maximum Gasteiger partial charge on any atom is 0.243 e. The van der Waals surface area contributed by atoms with E-state index in [0.29, 0.717) is 12.6 Å². The van der Waals surface area contributed by atoms with Gasteiger partial charge in [0, 0.05) is 12.6 Å². The number of hydrogen-bond acceptors (Lipinski definition) is 2. The van der Waals surface area contributed by atoms with Crippen LogP contribution in [0.1, 0.15) is 26.2 Å². The molecule has 1 atom stereocenters. The fraction of sp³-hybridized carbons (Fsp3) is 0.700. The second-order valence-corrected chi connectivity index (χ2v) is 3.08. The molecular weight excluding hydrogens is 164 g/mol. The van der Waals surface area contributed by atoms with E-state index in [0.717, 1.165) is 6.42 Å². The Bertz CT molecular complexity index is 157. The maximum absolute atomic E-state index is 10.8. The SMILES string of the molecule is C=CC(=O)NCC(CCCC)NC. The first kappa shape index (κ1) is 12.2. The topological polar surface area (TPSA) is 41.1 Å². The van der Waals surface area contributed by atoms with Crippen LogP contribution in [0.2, 0.25) is 0 Å². The summed E-state index contributed by atoms with van der Waals surface area (Å²) < 4.78 is 0. The fourth-order valence-electron chi connectivity index (χ4n) is 1.09. The summed E-state index contributed by atoms with van der Waals surface area (Å²) in [6.07, 6.45) is 4.78. The molecule has 1 unspecified atom stereocenters. The molecule has 1 amide bonds. The Morgan fingerprint density at radius 1 is 1.62 bits per heavy atom. The van der Waals surface area contributed by atoms with Crippen molar-refractivity contribution in [1.29, 1.82) is 0 Å². The Kier molecular flexibility index (Phi) is 7.30. The van der Waals surface area contributed by atoms with Gasteiger partial charge in [0.25, 0.3) is 0 Å². The van der Waals surface area contributed by atoms with Crippen LogP contribution in [0.25, 0.3) is 0 Å². The Morgan fingerprint density at radius 3 is 2.77 bits per heavy atom. The monoisotopic (exact) mass is 184 g/mol. The Labute approximate surface area is 80.6 Å². The van der Waals surface area contributed by atoms with Gasteiger partial charge < -0.3 is 10.6 Å². The van der Waals surface area contributed by atoms with Gasteiger partial charge in [-0.15, -0.1) is 0 Å². The molecule has 0 saturated carbocycles. The number of unbranched alkanes of at least 4 members (excludes halogenated alkanes) is 1. The van der Waals surface area contributed by atoms with Gasteiger partial charge in [0.2, 0.25) is 5.91 Å². The van der Waals surface area contributed by atoms with Crippen molar-refractivity contribution in [3.63, 3.8) is 0 Å². The smallest absolute Gasteiger partial charge is 0.243 e. The highest BCUT2D eigenvalue weighted by molar-refractivity contribution is 5.86. The predicted molar refractivity (Wildman–Crippen MR) is 55.6 cm³/mol. The van der Waals surface area contributed by atoms with Crippen molar-refractivity contribution in [2.75, 3.05) is 13.6 Å². The van der Waals surface area contributed by atoms with Crippen molar-refractivity contribution in [3.05, 3.63) is 12.7 Å². The molecule has 13 heavy (non-hydrogen) atoms. The van der Waals surface area contributed by atoms with E-state index < -0.39 is 0 Å². The van der Waals surface area contributed by atoms with E-state index in [1.54, 1.807) is 0 Å². The molecule has 0 heterocycles. The highest BCUT2D eigenvalue weighted by Crippen LogP contribution is 1.98. The van der Waals surface area contributed by atoms with Crippen molar-refractivity contribution in [3.8, 4) is 0 Å². The first-order valence-electron chi connectivity index (χ1n) is 4.82. The summed E-state index contributed by atoms with van der Waals surface area (Å²) in [7, 11) is 1.92. The normalized spacial score (nSPS) is 12.2. The van der Waals surface area contributed by atoms with E-state index >= 15 is 0 Å². The molecule has 0 spiro atoms. The summed E-state index contributed by atoms with van der Waals surface area (Å²) in [5.41, 5.74) is 0. The molecule has 0 aliphatic heterocycles. The van der Waals surface area contributed by atoms with E-state index in [1.807, 2.05) is 7.05 Å². The molecule has 0 aromatic carbocycles. The largest absolute Gasteiger partial charge is 0.351 e. The average Bonchev–Trinajstić information content (AvgIpc) is 2.17. The zero-order chi connectivity index (χ0) is 10.1. The summed E-state index contributed by atoms with van der Waals surface area (Å²) in [4.78, 5) is 10.8. The Morgan fingerprint density at radius 2 is 2.31 bits per heavy atom. The summed E-state index contributed by atoms with van der Waals surface area (Å²) in [6.45, 7) is 6.24. The van der Waals surface area contributed by atoms with E-state index in [4.69, 9.17) is 0 Å². The number of carbonyl (C=O) groups excluding carboxylic acids is 1. The highest BCUT2D eigenvalue weighted by Gasteiger charge is 2.05. The third-order valence-corrected chi connectivity index (χ3v) is 2.02. The average molecular weight is 184 g/mol. The standard InChI is InChI=1S/C10H20N2O/c1-4-6-7-9(11-3)8-12-10(13)5-2/h5,9,11H,2,4,6-8H2,1,3H3,(H,12,13). The van der Waals surface area contributed by atoms with Gasteiger partial charge in [-0.25, -0.2) is 0 Å². The first-order chi connectivity index (χ1) is 6.24. The van der Waals surface area contributed by atoms with Crippen LogP contribution >= 0.6 is 0 Å². The van der Waals surface area contributed by atoms with Crippen LogP contribution in [0.15, 0.2) is 12.7 Å². The van der Waals surface area contributed by atoms with Crippen molar-refractivity contribution >= 4 is 5.91 Å². The van der Waals surface area contributed by atoms with Crippen molar-refractivity contribution in [2.24, 2.45) is 0 Å². The second-order valence-electron chi connectivity index (χ2n) is 3.08. The molecule has 0 aromatic rings. The molecule has 0 rings (SSSR count). The lowest BCUT2D eigenvalue weighted by atomic mass is 10.1. The number of nitrogens with one attached hydrogen (secondary N) is 2.